The van der Waals surface area contributed by atoms with Crippen LogP contribution in [0.15, 0.2) is 31.2 Å². The summed E-state index contributed by atoms with van der Waals surface area (Å²) in [4.78, 5) is 29.5. The molecule has 0 bridgehead atoms. The molecule has 0 aliphatic carbocycles. The van der Waals surface area contributed by atoms with Gasteiger partial charge >= 0.3 is 5.97 Å². The third-order valence-electron chi connectivity index (χ3n) is 3.32. The minimum absolute atomic E-state index is 0.0582. The molecular weight excluding hydrogens is 398 g/mol. The Hall–Kier alpha value is -2.19. The number of carbonyl (C=O) groups excluding carboxylic acids is 1. The molecule has 3 rings (SSSR count). The molecule has 0 saturated heterocycles. The van der Waals surface area contributed by atoms with Crippen molar-refractivity contribution >= 4 is 44.2 Å². The quantitative estimate of drug-likeness (QED) is 0.660. The number of halogens is 1. The van der Waals surface area contributed by atoms with E-state index in [1.807, 2.05) is 0 Å². The van der Waals surface area contributed by atoms with Gasteiger partial charge in [0, 0.05) is 5.38 Å². The van der Waals surface area contributed by atoms with E-state index in [1.54, 1.807) is 19.2 Å². The van der Waals surface area contributed by atoms with Crippen LogP contribution in [-0.2, 0) is 4.74 Å². The number of aromatic hydroxyl groups is 1. The smallest absolute Gasteiger partial charge is 0.375 e. The first-order valence-electron chi connectivity index (χ1n) is 7.02. The van der Waals surface area contributed by atoms with E-state index in [2.05, 4.69) is 20.9 Å². The minimum atomic E-state index is -0.757. The molecule has 8 heteroatoms. The van der Waals surface area contributed by atoms with E-state index in [4.69, 9.17) is 9.15 Å². The Morgan fingerprint density at radius 3 is 2.83 bits per heavy atom. The van der Waals surface area contributed by atoms with E-state index in [-0.39, 0.29) is 39.1 Å². The van der Waals surface area contributed by atoms with Gasteiger partial charge in [-0.3, -0.25) is 4.79 Å². The Bertz CT molecular complexity index is 1010. The lowest BCUT2D eigenvalue weighted by molar-refractivity contribution is 0.0492. The predicted octanol–water partition coefficient (Wildman–Crippen LogP) is 3.87. The zero-order valence-corrected chi connectivity index (χ0v) is 15.2. The summed E-state index contributed by atoms with van der Waals surface area (Å²) >= 11 is 4.53. The second kappa shape index (κ2) is 6.37. The highest BCUT2D eigenvalue weighted by Gasteiger charge is 2.25. The summed E-state index contributed by atoms with van der Waals surface area (Å²) in [5.74, 6) is -1.09. The van der Waals surface area contributed by atoms with Gasteiger partial charge in [0.1, 0.15) is 10.2 Å². The molecule has 0 amide bonds. The molecule has 24 heavy (non-hydrogen) atoms. The van der Waals surface area contributed by atoms with Gasteiger partial charge in [-0.05, 0) is 41.9 Å². The van der Waals surface area contributed by atoms with Gasteiger partial charge < -0.3 is 14.3 Å². The van der Waals surface area contributed by atoms with Crippen molar-refractivity contribution in [3.05, 3.63) is 43.0 Å². The van der Waals surface area contributed by atoms with Crippen molar-refractivity contribution in [2.75, 3.05) is 6.61 Å². The van der Waals surface area contributed by atoms with E-state index < -0.39 is 11.4 Å². The summed E-state index contributed by atoms with van der Waals surface area (Å²) in [6, 6.07) is 2.82. The maximum absolute atomic E-state index is 12.9. The minimum Gasteiger partial charge on any atom is -0.507 e. The number of phenolic OH excluding ortho intramolecular Hbond substituents is 1. The van der Waals surface area contributed by atoms with Crippen molar-refractivity contribution in [1.82, 2.24) is 4.98 Å². The number of ether oxygens (including phenoxy) is 1. The van der Waals surface area contributed by atoms with Crippen LogP contribution in [0, 0.1) is 6.92 Å². The summed E-state index contributed by atoms with van der Waals surface area (Å²) in [6.07, 6.45) is 0. The number of aryl methyl sites for hydroxylation is 1. The number of thiazole rings is 1. The van der Waals surface area contributed by atoms with Gasteiger partial charge in [-0.2, -0.15) is 0 Å². The molecule has 0 saturated carbocycles. The van der Waals surface area contributed by atoms with E-state index in [1.165, 1.54) is 23.5 Å². The molecule has 1 N–H and O–H groups in total. The number of hydrogen-bond acceptors (Lipinski definition) is 7. The van der Waals surface area contributed by atoms with Gasteiger partial charge in [-0.15, -0.1) is 11.3 Å². The maximum Gasteiger partial charge on any atom is 0.375 e. The molecule has 0 aliphatic heterocycles. The van der Waals surface area contributed by atoms with Gasteiger partial charge in [-0.25, -0.2) is 9.78 Å². The fraction of sp³-hybridized carbons (Fsp3) is 0.188. The first kappa shape index (κ1) is 16.7. The summed E-state index contributed by atoms with van der Waals surface area (Å²) in [5.41, 5.74) is 0.0901. The van der Waals surface area contributed by atoms with Crippen molar-refractivity contribution in [2.24, 2.45) is 0 Å². The summed E-state index contributed by atoms with van der Waals surface area (Å²) in [7, 11) is 0. The lowest BCUT2D eigenvalue weighted by Gasteiger charge is -2.09. The second-order valence-corrected chi connectivity index (χ2v) is 6.74. The van der Waals surface area contributed by atoms with Crippen molar-refractivity contribution < 1.29 is 19.1 Å². The van der Waals surface area contributed by atoms with Crippen LogP contribution in [0.2, 0.25) is 0 Å². The van der Waals surface area contributed by atoms with Crippen LogP contribution < -0.4 is 5.43 Å². The van der Waals surface area contributed by atoms with Crippen LogP contribution in [0.3, 0.4) is 0 Å². The number of fused-ring (bicyclic) bond motifs is 1. The fourth-order valence-electron chi connectivity index (χ4n) is 2.27. The Morgan fingerprint density at radius 1 is 1.46 bits per heavy atom. The number of phenols is 1. The van der Waals surface area contributed by atoms with E-state index >= 15 is 0 Å². The fourth-order valence-corrected chi connectivity index (χ4v) is 3.30. The first-order valence-corrected chi connectivity index (χ1v) is 8.69. The largest absolute Gasteiger partial charge is 0.507 e. The number of carbonyl (C=O) groups is 1. The van der Waals surface area contributed by atoms with Gasteiger partial charge in [0.2, 0.25) is 11.2 Å². The Balaban J connectivity index is 2.42. The molecule has 0 unspecified atom stereocenters. The molecule has 0 radical (unpaired) electrons. The Labute approximate surface area is 148 Å². The molecular formula is C16H12BrNO5S. The van der Waals surface area contributed by atoms with Crippen LogP contribution >= 0.6 is 27.3 Å². The normalized spacial score (nSPS) is 11.0. The van der Waals surface area contributed by atoms with Crippen molar-refractivity contribution in [3.63, 3.8) is 0 Å². The number of hydrogen-bond donors (Lipinski definition) is 1. The van der Waals surface area contributed by atoms with Crippen LogP contribution in [0.25, 0.3) is 22.2 Å². The molecule has 0 aliphatic rings. The number of nitrogens with zero attached hydrogens (tertiary/aromatic N) is 1. The average molecular weight is 410 g/mol. The zero-order chi connectivity index (χ0) is 17.4. The summed E-state index contributed by atoms with van der Waals surface area (Å²) < 4.78 is 10.8. The molecule has 0 atom stereocenters. The summed E-state index contributed by atoms with van der Waals surface area (Å²) in [5, 5.41) is 12.5. The number of aromatic nitrogens is 1. The zero-order valence-electron chi connectivity index (χ0n) is 12.8. The molecule has 2 aromatic heterocycles. The monoisotopic (exact) mass is 409 g/mol. The lowest BCUT2D eigenvalue weighted by atomic mass is 10.1. The lowest BCUT2D eigenvalue weighted by Crippen LogP contribution is -2.15. The molecule has 6 nitrogen and oxygen atoms in total. The third-order valence-corrected chi connectivity index (χ3v) is 4.86. The Kier molecular flexibility index (Phi) is 4.42. The second-order valence-electron chi connectivity index (χ2n) is 4.88. The highest BCUT2D eigenvalue weighted by molar-refractivity contribution is 9.10. The van der Waals surface area contributed by atoms with Crippen LogP contribution in [0.4, 0.5) is 0 Å². The number of rotatable bonds is 3. The molecule has 0 fully saturated rings. The topological polar surface area (TPSA) is 89.6 Å². The van der Waals surface area contributed by atoms with Crippen molar-refractivity contribution in [2.45, 2.75) is 13.8 Å². The SMILES string of the molecule is CCOC(=O)c1oc2c(Br)c(O)ccc2c(=O)c1-c1csc(C)n1. The molecule has 1 aromatic carbocycles. The third kappa shape index (κ3) is 2.71. The van der Waals surface area contributed by atoms with Crippen LogP contribution in [0.1, 0.15) is 22.5 Å². The number of benzene rings is 1. The van der Waals surface area contributed by atoms with E-state index in [0.717, 1.165) is 5.01 Å². The molecule has 2 heterocycles. The van der Waals surface area contributed by atoms with Crippen LogP contribution in [0.5, 0.6) is 5.75 Å². The van der Waals surface area contributed by atoms with E-state index in [0.29, 0.717) is 5.69 Å². The molecule has 0 spiro atoms. The highest BCUT2D eigenvalue weighted by Crippen LogP contribution is 2.34. The average Bonchev–Trinajstić information content (AvgIpc) is 2.97. The predicted molar refractivity (Wildman–Crippen MR) is 93.7 cm³/mol. The summed E-state index contributed by atoms with van der Waals surface area (Å²) in [6.45, 7) is 3.60. The van der Waals surface area contributed by atoms with Gasteiger partial charge in [0.25, 0.3) is 0 Å². The number of esters is 1. The van der Waals surface area contributed by atoms with Crippen molar-refractivity contribution in [3.8, 4) is 17.0 Å². The van der Waals surface area contributed by atoms with Crippen LogP contribution in [-0.4, -0.2) is 22.7 Å². The maximum atomic E-state index is 12.9. The first-order chi connectivity index (χ1) is 11.4. The highest BCUT2D eigenvalue weighted by atomic mass is 79.9. The van der Waals surface area contributed by atoms with Gasteiger partial charge in [0.15, 0.2) is 5.58 Å². The molecule has 3 aromatic rings. The van der Waals surface area contributed by atoms with Crippen molar-refractivity contribution in [1.29, 1.82) is 0 Å². The molecule has 124 valence electrons. The van der Waals surface area contributed by atoms with Gasteiger partial charge in [-0.1, -0.05) is 0 Å². The Morgan fingerprint density at radius 2 is 2.21 bits per heavy atom. The van der Waals surface area contributed by atoms with E-state index in [9.17, 15) is 14.7 Å². The standard InChI is InChI=1S/C16H12BrNO5S/c1-3-22-16(21)15-11(9-6-24-7(2)18-9)13(20)8-4-5-10(19)12(17)14(8)23-15/h4-6,19H,3H2,1-2H3. The van der Waals surface area contributed by atoms with Gasteiger partial charge in [0.05, 0.1) is 28.3 Å².